The Morgan fingerprint density at radius 2 is 1.72 bits per heavy atom. The van der Waals surface area contributed by atoms with Crippen LogP contribution in [0.1, 0.15) is 18.1 Å². The quantitative estimate of drug-likeness (QED) is 0.729. The largest absolute Gasteiger partial charge is 0.493 e. The summed E-state index contributed by atoms with van der Waals surface area (Å²) in [5, 5.41) is 4.13. The zero-order valence-corrected chi connectivity index (χ0v) is 15.9. The number of ether oxygens (including phenoxy) is 2. The second-order valence-corrected chi connectivity index (χ2v) is 6.06. The highest BCUT2D eigenvalue weighted by Crippen LogP contribution is 2.28. The van der Waals surface area contributed by atoms with E-state index in [0.717, 1.165) is 48.2 Å². The van der Waals surface area contributed by atoms with Crippen molar-refractivity contribution < 1.29 is 9.47 Å². The van der Waals surface area contributed by atoms with Gasteiger partial charge in [0.2, 0.25) is 0 Å². The number of thiocarbonyl (C=S) groups is 1. The minimum Gasteiger partial charge on any atom is -0.493 e. The van der Waals surface area contributed by atoms with Gasteiger partial charge in [0.25, 0.3) is 0 Å². The van der Waals surface area contributed by atoms with Crippen LogP contribution in [0.4, 0.5) is 0 Å². The van der Waals surface area contributed by atoms with E-state index in [2.05, 4.69) is 41.4 Å². The highest BCUT2D eigenvalue weighted by Gasteiger charge is 2.10. The molecule has 0 unspecified atom stereocenters. The van der Waals surface area contributed by atoms with E-state index >= 15 is 0 Å². The SMILES string of the molecule is CCN(Cc1ccc(OC)c(OC)c1)C(=S)NCCc1ccccc1. The molecule has 0 aliphatic carbocycles. The smallest absolute Gasteiger partial charge is 0.169 e. The normalized spacial score (nSPS) is 10.2. The second-order valence-electron chi connectivity index (χ2n) is 5.67. The number of hydrogen-bond donors (Lipinski definition) is 1. The molecule has 2 rings (SSSR count). The summed E-state index contributed by atoms with van der Waals surface area (Å²) in [7, 11) is 3.29. The lowest BCUT2D eigenvalue weighted by molar-refractivity contribution is 0.353. The van der Waals surface area contributed by atoms with Gasteiger partial charge in [-0.05, 0) is 48.8 Å². The van der Waals surface area contributed by atoms with Gasteiger partial charge >= 0.3 is 0 Å². The van der Waals surface area contributed by atoms with E-state index in [1.165, 1.54) is 5.56 Å². The highest BCUT2D eigenvalue weighted by atomic mass is 32.1. The van der Waals surface area contributed by atoms with Crippen LogP contribution in [0.15, 0.2) is 48.5 Å². The molecule has 0 heterocycles. The van der Waals surface area contributed by atoms with Crippen LogP contribution < -0.4 is 14.8 Å². The molecule has 0 saturated heterocycles. The summed E-state index contributed by atoms with van der Waals surface area (Å²) in [6.45, 7) is 4.50. The molecule has 0 spiro atoms. The monoisotopic (exact) mass is 358 g/mol. The third-order valence-electron chi connectivity index (χ3n) is 4.02. The zero-order chi connectivity index (χ0) is 18.1. The fourth-order valence-electron chi connectivity index (χ4n) is 2.60. The summed E-state index contributed by atoms with van der Waals surface area (Å²) in [6.07, 6.45) is 0.953. The van der Waals surface area contributed by atoms with Crippen molar-refractivity contribution in [1.82, 2.24) is 10.2 Å². The van der Waals surface area contributed by atoms with E-state index in [1.807, 2.05) is 24.3 Å². The summed E-state index contributed by atoms with van der Waals surface area (Å²) in [4.78, 5) is 2.14. The van der Waals surface area contributed by atoms with Gasteiger partial charge in [0.15, 0.2) is 16.6 Å². The topological polar surface area (TPSA) is 33.7 Å². The molecule has 25 heavy (non-hydrogen) atoms. The zero-order valence-electron chi connectivity index (χ0n) is 15.1. The molecule has 2 aromatic carbocycles. The van der Waals surface area contributed by atoms with E-state index in [0.29, 0.717) is 0 Å². The summed E-state index contributed by atoms with van der Waals surface area (Å²) in [5.74, 6) is 1.47. The molecule has 0 bridgehead atoms. The molecule has 0 radical (unpaired) electrons. The van der Waals surface area contributed by atoms with E-state index in [1.54, 1.807) is 14.2 Å². The van der Waals surface area contributed by atoms with Crippen molar-refractivity contribution in [2.45, 2.75) is 19.9 Å². The van der Waals surface area contributed by atoms with E-state index in [-0.39, 0.29) is 0 Å². The minimum absolute atomic E-state index is 0.730. The second kappa shape index (κ2) is 9.89. The first kappa shape index (κ1) is 19.1. The molecular weight excluding hydrogens is 332 g/mol. The van der Waals surface area contributed by atoms with Gasteiger partial charge in [0, 0.05) is 19.6 Å². The fourth-order valence-corrected chi connectivity index (χ4v) is 2.89. The van der Waals surface area contributed by atoms with Crippen molar-refractivity contribution in [3.63, 3.8) is 0 Å². The first-order chi connectivity index (χ1) is 12.2. The maximum absolute atomic E-state index is 5.56. The molecule has 134 valence electrons. The Labute approximate surface area is 155 Å². The average Bonchev–Trinajstić information content (AvgIpc) is 2.66. The van der Waals surface area contributed by atoms with Crippen LogP contribution in [0, 0.1) is 0 Å². The summed E-state index contributed by atoms with van der Waals surface area (Å²) in [6, 6.07) is 16.4. The van der Waals surface area contributed by atoms with E-state index in [9.17, 15) is 0 Å². The van der Waals surface area contributed by atoms with Crippen molar-refractivity contribution in [3.8, 4) is 11.5 Å². The van der Waals surface area contributed by atoms with Gasteiger partial charge in [0.05, 0.1) is 14.2 Å². The molecule has 1 N–H and O–H groups in total. The number of nitrogens with zero attached hydrogens (tertiary/aromatic N) is 1. The van der Waals surface area contributed by atoms with Crippen LogP contribution in [-0.2, 0) is 13.0 Å². The van der Waals surface area contributed by atoms with Gasteiger partial charge in [-0.3, -0.25) is 0 Å². The number of benzene rings is 2. The van der Waals surface area contributed by atoms with Crippen LogP contribution in [0.3, 0.4) is 0 Å². The van der Waals surface area contributed by atoms with E-state index in [4.69, 9.17) is 21.7 Å². The summed E-state index contributed by atoms with van der Waals surface area (Å²) in [5.41, 5.74) is 2.44. The number of hydrogen-bond acceptors (Lipinski definition) is 3. The minimum atomic E-state index is 0.730. The molecule has 0 atom stereocenters. The van der Waals surface area contributed by atoms with Crippen LogP contribution in [0.25, 0.3) is 0 Å². The van der Waals surface area contributed by atoms with Crippen LogP contribution in [0.5, 0.6) is 11.5 Å². The maximum Gasteiger partial charge on any atom is 0.169 e. The lowest BCUT2D eigenvalue weighted by Gasteiger charge is -2.25. The Hall–Kier alpha value is -2.27. The van der Waals surface area contributed by atoms with Crippen molar-refractivity contribution in [1.29, 1.82) is 0 Å². The van der Waals surface area contributed by atoms with Crippen LogP contribution in [-0.4, -0.2) is 37.3 Å². The van der Waals surface area contributed by atoms with Crippen LogP contribution in [0.2, 0.25) is 0 Å². The first-order valence-electron chi connectivity index (χ1n) is 8.45. The lowest BCUT2D eigenvalue weighted by atomic mass is 10.1. The third kappa shape index (κ3) is 5.64. The third-order valence-corrected chi connectivity index (χ3v) is 4.43. The van der Waals surface area contributed by atoms with Gasteiger partial charge < -0.3 is 19.7 Å². The van der Waals surface area contributed by atoms with Gasteiger partial charge in [0.1, 0.15) is 0 Å². The van der Waals surface area contributed by atoms with Crippen molar-refractivity contribution >= 4 is 17.3 Å². The van der Waals surface area contributed by atoms with Gasteiger partial charge in [-0.1, -0.05) is 36.4 Å². The first-order valence-corrected chi connectivity index (χ1v) is 8.86. The number of nitrogens with one attached hydrogen (secondary N) is 1. The Kier molecular flexibility index (Phi) is 7.54. The molecule has 0 aromatic heterocycles. The van der Waals surface area contributed by atoms with E-state index < -0.39 is 0 Å². The molecule has 0 saturated carbocycles. The average molecular weight is 359 g/mol. The Balaban J connectivity index is 1.91. The summed E-state index contributed by atoms with van der Waals surface area (Å²) >= 11 is 5.56. The predicted octanol–water partition coefficient (Wildman–Crippen LogP) is 3.64. The fraction of sp³-hybridized carbons (Fsp3) is 0.350. The molecule has 2 aromatic rings. The Morgan fingerprint density at radius 3 is 2.36 bits per heavy atom. The van der Waals surface area contributed by atoms with Crippen molar-refractivity contribution in [2.75, 3.05) is 27.3 Å². The van der Waals surface area contributed by atoms with Crippen molar-refractivity contribution in [3.05, 3.63) is 59.7 Å². The molecule has 0 aliphatic heterocycles. The number of rotatable bonds is 8. The van der Waals surface area contributed by atoms with Gasteiger partial charge in [-0.25, -0.2) is 0 Å². The lowest BCUT2D eigenvalue weighted by Crippen LogP contribution is -2.40. The highest BCUT2D eigenvalue weighted by molar-refractivity contribution is 7.80. The summed E-state index contributed by atoms with van der Waals surface area (Å²) < 4.78 is 10.7. The number of methoxy groups -OCH3 is 2. The maximum atomic E-state index is 5.56. The molecule has 0 fully saturated rings. The van der Waals surface area contributed by atoms with Gasteiger partial charge in [-0.2, -0.15) is 0 Å². The molecule has 0 aliphatic rings. The molecular formula is C20H26N2O2S. The van der Waals surface area contributed by atoms with Crippen LogP contribution >= 0.6 is 12.2 Å². The van der Waals surface area contributed by atoms with Crippen molar-refractivity contribution in [2.24, 2.45) is 0 Å². The van der Waals surface area contributed by atoms with Gasteiger partial charge in [-0.15, -0.1) is 0 Å². The molecule has 4 nitrogen and oxygen atoms in total. The Morgan fingerprint density at radius 1 is 1.00 bits per heavy atom. The predicted molar refractivity (Wildman–Crippen MR) is 106 cm³/mol. The molecule has 5 heteroatoms. The Bertz CT molecular complexity index is 677. The standard InChI is InChI=1S/C20H26N2O2S/c1-4-22(15-17-10-11-18(23-2)19(14-17)24-3)20(25)21-13-12-16-8-6-5-7-9-16/h5-11,14H,4,12-13,15H2,1-3H3,(H,21,25). The molecule has 0 amide bonds.